The first kappa shape index (κ1) is 20.2. The lowest BCUT2D eigenvalue weighted by Gasteiger charge is -2.09. The maximum atomic E-state index is 13.1. The van der Waals surface area contributed by atoms with Crippen LogP contribution < -0.4 is 10.6 Å². The molecule has 2 aromatic carbocycles. The lowest BCUT2D eigenvalue weighted by molar-refractivity contribution is -0.137. The fraction of sp³-hybridized carbons (Fsp3) is 0.167. The van der Waals surface area contributed by atoms with Crippen molar-refractivity contribution in [3.05, 3.63) is 59.1 Å². The number of thioether (sulfide) groups is 1. The molecule has 3 rings (SSSR count). The second-order valence-electron chi connectivity index (χ2n) is 5.79. The molecule has 2 amide bonds. The van der Waals surface area contributed by atoms with Crippen molar-refractivity contribution in [1.29, 1.82) is 0 Å². The molecule has 0 aromatic heterocycles. The first-order chi connectivity index (χ1) is 13.2. The Bertz CT molecular complexity index is 950. The van der Waals surface area contributed by atoms with E-state index in [0.717, 1.165) is 17.8 Å². The molecule has 1 fully saturated rings. The summed E-state index contributed by atoms with van der Waals surface area (Å²) in [7, 11) is 0. The maximum absolute atomic E-state index is 13.1. The van der Waals surface area contributed by atoms with Gasteiger partial charge >= 0.3 is 6.18 Å². The molecule has 0 spiro atoms. The van der Waals surface area contributed by atoms with E-state index in [1.807, 2.05) is 0 Å². The largest absolute Gasteiger partial charge is 0.418 e. The summed E-state index contributed by atoms with van der Waals surface area (Å²) in [5.74, 6) is -0.915. The van der Waals surface area contributed by atoms with Gasteiger partial charge in [0.15, 0.2) is 5.17 Å². The van der Waals surface area contributed by atoms with Gasteiger partial charge in [0.25, 0.3) is 0 Å². The third kappa shape index (κ3) is 5.05. The van der Waals surface area contributed by atoms with Crippen LogP contribution in [0.1, 0.15) is 12.0 Å². The Labute approximate surface area is 167 Å². The molecule has 1 heterocycles. The highest BCUT2D eigenvalue weighted by Gasteiger charge is 2.35. The van der Waals surface area contributed by atoms with Crippen molar-refractivity contribution in [2.24, 2.45) is 4.99 Å². The minimum Gasteiger partial charge on any atom is -0.326 e. The number of carbonyl (C=O) groups is 2. The smallest absolute Gasteiger partial charge is 0.326 e. The van der Waals surface area contributed by atoms with Gasteiger partial charge < -0.3 is 10.6 Å². The highest BCUT2D eigenvalue weighted by atomic mass is 35.5. The molecule has 1 aliphatic heterocycles. The molecule has 0 aliphatic carbocycles. The Kier molecular flexibility index (Phi) is 5.95. The van der Waals surface area contributed by atoms with Crippen molar-refractivity contribution in [3.63, 3.8) is 0 Å². The second kappa shape index (κ2) is 8.24. The highest BCUT2D eigenvalue weighted by molar-refractivity contribution is 8.15. The number of nitrogens with zero attached hydrogens (tertiary/aromatic N) is 1. The van der Waals surface area contributed by atoms with E-state index < -0.39 is 28.8 Å². The average Bonchev–Trinajstić information content (AvgIpc) is 2.93. The third-order valence-corrected chi connectivity index (χ3v) is 5.00. The van der Waals surface area contributed by atoms with Crippen LogP contribution in [0.5, 0.6) is 0 Å². The van der Waals surface area contributed by atoms with Gasteiger partial charge in [-0.1, -0.05) is 41.6 Å². The van der Waals surface area contributed by atoms with Gasteiger partial charge in [0, 0.05) is 17.1 Å². The van der Waals surface area contributed by atoms with Gasteiger partial charge in [-0.05, 0) is 30.3 Å². The molecule has 0 bridgehead atoms. The summed E-state index contributed by atoms with van der Waals surface area (Å²) in [6, 6.07) is 11.3. The van der Waals surface area contributed by atoms with E-state index in [9.17, 15) is 22.8 Å². The number of benzene rings is 2. The number of alkyl halides is 3. The molecule has 1 unspecified atom stereocenters. The number of halogens is 4. The van der Waals surface area contributed by atoms with E-state index in [2.05, 4.69) is 15.6 Å². The lowest BCUT2D eigenvalue weighted by atomic mass is 10.2. The number of anilines is 1. The van der Waals surface area contributed by atoms with E-state index in [0.29, 0.717) is 10.7 Å². The summed E-state index contributed by atoms with van der Waals surface area (Å²) < 4.78 is 39.2. The van der Waals surface area contributed by atoms with Crippen molar-refractivity contribution < 1.29 is 22.8 Å². The Morgan fingerprint density at radius 1 is 1.21 bits per heavy atom. The molecular weight excluding hydrogens is 415 g/mol. The zero-order chi connectivity index (χ0) is 20.3. The van der Waals surface area contributed by atoms with Crippen molar-refractivity contribution >= 4 is 51.7 Å². The van der Waals surface area contributed by atoms with E-state index in [4.69, 9.17) is 11.6 Å². The molecule has 5 nitrogen and oxygen atoms in total. The molecule has 146 valence electrons. The first-order valence-electron chi connectivity index (χ1n) is 8.00. The van der Waals surface area contributed by atoms with Crippen LogP contribution in [0.4, 0.5) is 24.5 Å². The molecule has 0 radical (unpaired) electrons. The van der Waals surface area contributed by atoms with Gasteiger partial charge in [0.2, 0.25) is 11.8 Å². The van der Waals surface area contributed by atoms with Crippen molar-refractivity contribution in [1.82, 2.24) is 5.32 Å². The van der Waals surface area contributed by atoms with Gasteiger partial charge in [0.05, 0.1) is 11.3 Å². The maximum Gasteiger partial charge on any atom is 0.418 e. The fourth-order valence-corrected chi connectivity index (χ4v) is 3.63. The van der Waals surface area contributed by atoms with Crippen molar-refractivity contribution in [2.45, 2.75) is 17.8 Å². The predicted molar refractivity (Wildman–Crippen MR) is 103 cm³/mol. The number of rotatable bonds is 4. The van der Waals surface area contributed by atoms with Crippen LogP contribution in [0, 0.1) is 0 Å². The molecule has 28 heavy (non-hydrogen) atoms. The number of aliphatic imine (C=N–C) groups is 1. The quantitative estimate of drug-likeness (QED) is 0.748. The number of hydrogen-bond donors (Lipinski definition) is 2. The van der Waals surface area contributed by atoms with Crippen molar-refractivity contribution in [2.75, 3.05) is 5.32 Å². The number of amides is 2. The third-order valence-electron chi connectivity index (χ3n) is 3.69. The number of nitrogens with one attached hydrogen (secondary N) is 2. The summed E-state index contributed by atoms with van der Waals surface area (Å²) >= 11 is 6.76. The topological polar surface area (TPSA) is 70.6 Å². The number of para-hydroxylation sites is 1. The molecule has 1 atom stereocenters. The monoisotopic (exact) mass is 427 g/mol. The normalized spacial score (nSPS) is 18.2. The van der Waals surface area contributed by atoms with Crippen LogP contribution in [0.3, 0.4) is 0 Å². The molecular formula is C18H13ClF3N3O2S. The number of hydrogen-bond acceptors (Lipinski definition) is 4. The second-order valence-corrected chi connectivity index (χ2v) is 7.42. The SMILES string of the molecule is O=C(CC1SC(=Nc2ccccc2C(F)(F)F)NC1=O)Nc1cccc(Cl)c1. The van der Waals surface area contributed by atoms with E-state index in [-0.39, 0.29) is 17.3 Å². The minimum atomic E-state index is -4.57. The van der Waals surface area contributed by atoms with Crippen LogP contribution in [-0.2, 0) is 15.8 Å². The van der Waals surface area contributed by atoms with Gasteiger partial charge in [-0.15, -0.1) is 0 Å². The summed E-state index contributed by atoms with van der Waals surface area (Å²) in [5, 5.41) is 4.70. The standard InChI is InChI=1S/C18H13ClF3N3O2S/c19-10-4-3-5-11(8-10)23-15(26)9-14-16(27)25-17(28-14)24-13-7-2-1-6-12(13)18(20,21)22/h1-8,14H,9H2,(H,23,26)(H,24,25,27). The van der Waals surface area contributed by atoms with E-state index in [1.165, 1.54) is 18.2 Å². The van der Waals surface area contributed by atoms with Gasteiger partial charge in [0.1, 0.15) is 5.25 Å². The zero-order valence-corrected chi connectivity index (χ0v) is 15.7. The van der Waals surface area contributed by atoms with Gasteiger partial charge in [-0.25, -0.2) is 4.99 Å². The van der Waals surface area contributed by atoms with Gasteiger partial charge in [-0.2, -0.15) is 13.2 Å². The molecule has 1 saturated heterocycles. The molecule has 10 heteroatoms. The Morgan fingerprint density at radius 2 is 1.96 bits per heavy atom. The van der Waals surface area contributed by atoms with Crippen molar-refractivity contribution in [3.8, 4) is 0 Å². The predicted octanol–water partition coefficient (Wildman–Crippen LogP) is 4.61. The average molecular weight is 428 g/mol. The van der Waals surface area contributed by atoms with E-state index >= 15 is 0 Å². The Hall–Kier alpha value is -2.52. The molecule has 2 aromatic rings. The van der Waals surface area contributed by atoms with Gasteiger partial charge in [-0.3, -0.25) is 9.59 Å². The van der Waals surface area contributed by atoms with Crippen LogP contribution in [0.15, 0.2) is 53.5 Å². The van der Waals surface area contributed by atoms with Crippen LogP contribution in [0.2, 0.25) is 5.02 Å². The lowest BCUT2D eigenvalue weighted by Crippen LogP contribution is -2.28. The minimum absolute atomic E-state index is 0.0160. The Morgan fingerprint density at radius 3 is 2.68 bits per heavy atom. The number of amidine groups is 1. The highest BCUT2D eigenvalue weighted by Crippen LogP contribution is 2.37. The summed E-state index contributed by atoms with van der Waals surface area (Å²) in [5.41, 5.74) is -0.727. The fourth-order valence-electron chi connectivity index (χ4n) is 2.46. The summed E-state index contributed by atoms with van der Waals surface area (Å²) in [4.78, 5) is 28.1. The van der Waals surface area contributed by atoms with E-state index in [1.54, 1.807) is 24.3 Å². The Balaban J connectivity index is 1.69. The first-order valence-corrected chi connectivity index (χ1v) is 9.26. The van der Waals surface area contributed by atoms with Crippen LogP contribution in [0.25, 0.3) is 0 Å². The summed E-state index contributed by atoms with van der Waals surface area (Å²) in [6.07, 6.45) is -4.73. The summed E-state index contributed by atoms with van der Waals surface area (Å²) in [6.45, 7) is 0. The zero-order valence-electron chi connectivity index (χ0n) is 14.1. The molecule has 0 saturated carbocycles. The molecule has 1 aliphatic rings. The molecule has 2 N–H and O–H groups in total. The van der Waals surface area contributed by atoms with Crippen LogP contribution in [-0.4, -0.2) is 22.2 Å². The van der Waals surface area contributed by atoms with Crippen LogP contribution >= 0.6 is 23.4 Å². The number of carbonyl (C=O) groups excluding carboxylic acids is 2.